The Kier molecular flexibility index (Phi) is 9.63. The quantitative estimate of drug-likeness (QED) is 0.185. The Hall–Kier alpha value is -5.02. The van der Waals surface area contributed by atoms with Crippen LogP contribution in [0.15, 0.2) is 84.9 Å². The summed E-state index contributed by atoms with van der Waals surface area (Å²) in [4.78, 5) is 16.9. The Bertz CT molecular complexity index is 1850. The van der Waals surface area contributed by atoms with Crippen molar-refractivity contribution in [3.8, 4) is 23.0 Å². The first kappa shape index (κ1) is 31.9. The number of hydrogen-bond acceptors (Lipinski definition) is 7. The first-order valence-corrected chi connectivity index (χ1v) is 15.9. The molecule has 0 saturated carbocycles. The number of benzene rings is 4. The number of nitrogens with one attached hydrogen (secondary N) is 1. The second-order valence-electron chi connectivity index (χ2n) is 11.8. The van der Waals surface area contributed by atoms with Crippen LogP contribution in [-0.4, -0.2) is 55.6 Å². The van der Waals surface area contributed by atoms with Crippen LogP contribution < -0.4 is 24.3 Å². The smallest absolute Gasteiger partial charge is 0.242 e. The predicted molar refractivity (Wildman–Crippen MR) is 182 cm³/mol. The largest absolute Gasteiger partial charge is 0.493 e. The molecule has 0 radical (unpaired) electrons. The van der Waals surface area contributed by atoms with Crippen molar-refractivity contribution in [3.63, 3.8) is 0 Å². The van der Waals surface area contributed by atoms with E-state index in [9.17, 15) is 4.79 Å². The highest BCUT2D eigenvalue weighted by molar-refractivity contribution is 5.85. The lowest BCUT2D eigenvalue weighted by atomic mass is 9.91. The SMILES string of the molecule is COc1ccc(CC2c3cc(OC)c(OC)cc3CCCN2C(C(=O)NCc2nn(C)c3ccccc23)c2ccccc2)cc1OC. The summed E-state index contributed by atoms with van der Waals surface area (Å²) in [5, 5.41) is 9.02. The van der Waals surface area contributed by atoms with E-state index in [-0.39, 0.29) is 11.9 Å². The van der Waals surface area contributed by atoms with Gasteiger partial charge in [-0.1, -0.05) is 54.6 Å². The van der Waals surface area contributed by atoms with Gasteiger partial charge in [-0.2, -0.15) is 5.10 Å². The van der Waals surface area contributed by atoms with Gasteiger partial charge < -0.3 is 24.3 Å². The molecule has 0 saturated heterocycles. The number of amides is 1. The lowest BCUT2D eigenvalue weighted by molar-refractivity contribution is -0.128. The van der Waals surface area contributed by atoms with Gasteiger partial charge >= 0.3 is 0 Å². The molecule has 1 N–H and O–H groups in total. The average molecular weight is 635 g/mol. The number of rotatable bonds is 11. The van der Waals surface area contributed by atoms with Gasteiger partial charge in [-0.15, -0.1) is 0 Å². The first-order chi connectivity index (χ1) is 22.9. The molecule has 47 heavy (non-hydrogen) atoms. The minimum Gasteiger partial charge on any atom is -0.493 e. The zero-order chi connectivity index (χ0) is 32.9. The third-order valence-corrected chi connectivity index (χ3v) is 9.10. The molecule has 244 valence electrons. The van der Waals surface area contributed by atoms with Crippen molar-refractivity contribution in [2.45, 2.75) is 37.9 Å². The molecular formula is C38H42N4O5. The second kappa shape index (κ2) is 14.2. The van der Waals surface area contributed by atoms with Gasteiger partial charge in [0.1, 0.15) is 6.04 Å². The molecule has 2 atom stereocenters. The van der Waals surface area contributed by atoms with E-state index in [0.29, 0.717) is 42.5 Å². The zero-order valence-corrected chi connectivity index (χ0v) is 27.7. The number of aryl methyl sites for hydroxylation is 2. The number of aromatic nitrogens is 2. The van der Waals surface area contributed by atoms with Crippen molar-refractivity contribution in [3.05, 3.63) is 113 Å². The minimum atomic E-state index is -0.560. The predicted octanol–water partition coefficient (Wildman–Crippen LogP) is 6.20. The number of methoxy groups -OCH3 is 4. The van der Waals surface area contributed by atoms with E-state index < -0.39 is 6.04 Å². The number of para-hydroxylation sites is 1. The highest BCUT2D eigenvalue weighted by Crippen LogP contribution is 2.43. The lowest BCUT2D eigenvalue weighted by Crippen LogP contribution is -2.43. The van der Waals surface area contributed by atoms with Gasteiger partial charge in [0, 0.05) is 25.0 Å². The molecular weight excluding hydrogens is 592 g/mol. The van der Waals surface area contributed by atoms with Crippen LogP contribution >= 0.6 is 0 Å². The van der Waals surface area contributed by atoms with Crippen LogP contribution in [0.25, 0.3) is 10.9 Å². The van der Waals surface area contributed by atoms with Gasteiger partial charge in [0.05, 0.1) is 46.2 Å². The van der Waals surface area contributed by atoms with E-state index in [4.69, 9.17) is 24.0 Å². The average Bonchev–Trinajstić information content (AvgIpc) is 3.34. The first-order valence-electron chi connectivity index (χ1n) is 15.9. The molecule has 0 fully saturated rings. The van der Waals surface area contributed by atoms with E-state index in [1.807, 2.05) is 78.5 Å². The van der Waals surface area contributed by atoms with Gasteiger partial charge in [-0.3, -0.25) is 14.4 Å². The molecule has 4 aromatic carbocycles. The summed E-state index contributed by atoms with van der Waals surface area (Å²) in [6.45, 7) is 1.02. The Morgan fingerprint density at radius 1 is 0.851 bits per heavy atom. The Labute approximate surface area is 276 Å². The van der Waals surface area contributed by atoms with Crippen molar-refractivity contribution in [1.82, 2.24) is 20.0 Å². The van der Waals surface area contributed by atoms with Gasteiger partial charge in [0.15, 0.2) is 23.0 Å². The summed E-state index contributed by atoms with van der Waals surface area (Å²) >= 11 is 0. The molecule has 6 rings (SSSR count). The van der Waals surface area contributed by atoms with Crippen LogP contribution in [0.5, 0.6) is 23.0 Å². The molecule has 1 amide bonds. The van der Waals surface area contributed by atoms with Gasteiger partial charge in [-0.25, -0.2) is 0 Å². The monoisotopic (exact) mass is 634 g/mol. The van der Waals surface area contributed by atoms with Gasteiger partial charge in [-0.05, 0) is 71.8 Å². The molecule has 0 bridgehead atoms. The van der Waals surface area contributed by atoms with Crippen molar-refractivity contribution >= 4 is 16.8 Å². The highest BCUT2D eigenvalue weighted by atomic mass is 16.5. The highest BCUT2D eigenvalue weighted by Gasteiger charge is 2.37. The fourth-order valence-electron chi connectivity index (χ4n) is 6.83. The molecule has 0 spiro atoms. The second-order valence-corrected chi connectivity index (χ2v) is 11.8. The van der Waals surface area contributed by atoms with Crippen LogP contribution in [0.3, 0.4) is 0 Å². The lowest BCUT2D eigenvalue weighted by Gasteiger charge is -2.37. The molecule has 2 heterocycles. The summed E-state index contributed by atoms with van der Waals surface area (Å²) in [5.41, 5.74) is 6.15. The van der Waals surface area contributed by atoms with E-state index in [1.165, 1.54) is 5.56 Å². The van der Waals surface area contributed by atoms with Crippen LogP contribution in [-0.2, 0) is 31.2 Å². The third kappa shape index (κ3) is 6.49. The molecule has 9 heteroatoms. The topological polar surface area (TPSA) is 87.1 Å². The molecule has 1 aliphatic rings. The molecule has 1 aliphatic heterocycles. The van der Waals surface area contributed by atoms with Crippen molar-refractivity contribution < 1.29 is 23.7 Å². The van der Waals surface area contributed by atoms with E-state index in [1.54, 1.807) is 28.4 Å². The number of carbonyl (C=O) groups excluding carboxylic acids is 1. The summed E-state index contributed by atoms with van der Waals surface area (Å²) in [6.07, 6.45) is 2.34. The molecule has 0 aliphatic carbocycles. The molecule has 9 nitrogen and oxygen atoms in total. The van der Waals surface area contributed by atoms with Crippen LogP contribution in [0.1, 0.15) is 46.5 Å². The maximum Gasteiger partial charge on any atom is 0.242 e. The molecule has 5 aromatic rings. The Morgan fingerprint density at radius 3 is 2.28 bits per heavy atom. The zero-order valence-electron chi connectivity index (χ0n) is 27.7. The van der Waals surface area contributed by atoms with Crippen molar-refractivity contribution in [2.24, 2.45) is 7.05 Å². The maximum atomic E-state index is 14.5. The van der Waals surface area contributed by atoms with Crippen LogP contribution in [0.4, 0.5) is 0 Å². The fraction of sp³-hybridized carbons (Fsp3) is 0.316. The van der Waals surface area contributed by atoms with E-state index in [0.717, 1.165) is 46.1 Å². The number of nitrogens with zero attached hydrogens (tertiary/aromatic N) is 3. The van der Waals surface area contributed by atoms with Crippen molar-refractivity contribution in [1.29, 1.82) is 0 Å². The summed E-state index contributed by atoms with van der Waals surface area (Å²) < 4.78 is 24.5. The Balaban J connectivity index is 1.43. The fourth-order valence-corrected chi connectivity index (χ4v) is 6.83. The maximum absolute atomic E-state index is 14.5. The van der Waals surface area contributed by atoms with E-state index >= 15 is 0 Å². The summed E-state index contributed by atoms with van der Waals surface area (Å²) in [7, 11) is 8.53. The number of hydrogen-bond donors (Lipinski definition) is 1. The van der Waals surface area contributed by atoms with Crippen LogP contribution in [0.2, 0.25) is 0 Å². The Morgan fingerprint density at radius 2 is 1.53 bits per heavy atom. The standard InChI is InChI=1S/C38H42N4O5/c1-41-31-16-10-9-15-28(31)30(40-41)24-39-38(43)37(26-12-7-6-8-13-26)42-19-11-14-27-22-35(46-4)36(47-5)23-29(27)32(42)20-25-17-18-33(44-2)34(21-25)45-3/h6-10,12-13,15-18,21-23,32,37H,11,14,19-20,24H2,1-5H3,(H,39,43). The van der Waals surface area contributed by atoms with Crippen molar-refractivity contribution in [2.75, 3.05) is 35.0 Å². The number of carbonyl (C=O) groups is 1. The number of fused-ring (bicyclic) bond motifs is 2. The molecule has 1 aromatic heterocycles. The normalized spacial score (nSPS) is 15.4. The van der Waals surface area contributed by atoms with E-state index in [2.05, 4.69) is 28.4 Å². The summed E-state index contributed by atoms with van der Waals surface area (Å²) in [6, 6.07) is 27.6. The minimum absolute atomic E-state index is 0.0767. The molecule has 2 unspecified atom stereocenters. The van der Waals surface area contributed by atoms with Gasteiger partial charge in [0.2, 0.25) is 5.91 Å². The van der Waals surface area contributed by atoms with Gasteiger partial charge in [0.25, 0.3) is 0 Å². The van der Waals surface area contributed by atoms with Crippen LogP contribution in [0, 0.1) is 0 Å². The third-order valence-electron chi connectivity index (χ3n) is 9.10. The number of ether oxygens (including phenoxy) is 4. The summed E-state index contributed by atoms with van der Waals surface area (Å²) in [5.74, 6) is 2.62.